The van der Waals surface area contributed by atoms with Crippen molar-refractivity contribution >= 4 is 16.9 Å². The predicted octanol–water partition coefficient (Wildman–Crippen LogP) is 5.91. The van der Waals surface area contributed by atoms with Crippen LogP contribution in [0.15, 0.2) is 67.1 Å². The van der Waals surface area contributed by atoms with Crippen molar-refractivity contribution in [2.45, 2.75) is 45.2 Å². The summed E-state index contributed by atoms with van der Waals surface area (Å²) in [5.74, 6) is 2.13. The molecule has 1 atom stereocenters. The van der Waals surface area contributed by atoms with Crippen LogP contribution in [-0.2, 0) is 0 Å². The maximum atomic E-state index is 6.37. The summed E-state index contributed by atoms with van der Waals surface area (Å²) in [5.41, 5.74) is 9.55. The third-order valence-corrected chi connectivity index (χ3v) is 6.52. The molecular weight excluding hydrogens is 410 g/mol. The Morgan fingerprint density at radius 1 is 0.970 bits per heavy atom. The Bertz CT molecular complexity index is 1240. The van der Waals surface area contributed by atoms with Crippen molar-refractivity contribution < 1.29 is 4.74 Å². The summed E-state index contributed by atoms with van der Waals surface area (Å²) in [7, 11) is 0. The van der Waals surface area contributed by atoms with Gasteiger partial charge in [0.2, 0.25) is 0 Å². The fourth-order valence-corrected chi connectivity index (χ4v) is 4.72. The number of nitrogens with zero attached hydrogens (tertiary/aromatic N) is 4. The van der Waals surface area contributed by atoms with E-state index in [2.05, 4.69) is 58.5 Å². The fourth-order valence-electron chi connectivity index (χ4n) is 4.72. The minimum absolute atomic E-state index is 0.146. The van der Waals surface area contributed by atoms with Gasteiger partial charge in [0.1, 0.15) is 29.3 Å². The van der Waals surface area contributed by atoms with E-state index in [9.17, 15) is 0 Å². The standard InChI is InChI=1S/C27H31N5O/c1-27(2,3)31-15-7-8-20(16-31)32-17-23(24-25(28)29-18-30-26(24)32)19-11-13-22(14-12-19)33-21-9-5-4-6-10-21/h4-6,9-14,17-18,20H,7-8,15-16H2,1-3H3,(H2,28,29,30)/t20-/m1/s1. The van der Waals surface area contributed by atoms with Crippen molar-refractivity contribution in [3.63, 3.8) is 0 Å². The van der Waals surface area contributed by atoms with Gasteiger partial charge in [0.15, 0.2) is 0 Å². The maximum absolute atomic E-state index is 6.37. The lowest BCUT2D eigenvalue weighted by Gasteiger charge is -2.42. The van der Waals surface area contributed by atoms with Crippen LogP contribution in [0.2, 0.25) is 0 Å². The first-order chi connectivity index (χ1) is 15.9. The second-order valence-corrected chi connectivity index (χ2v) is 9.76. The van der Waals surface area contributed by atoms with Gasteiger partial charge in [0.05, 0.1) is 5.39 Å². The Balaban J connectivity index is 1.50. The molecule has 6 heteroatoms. The number of fused-ring (bicyclic) bond motifs is 1. The second kappa shape index (κ2) is 8.52. The number of hydrogen-bond acceptors (Lipinski definition) is 5. The maximum Gasteiger partial charge on any atom is 0.146 e. The predicted molar refractivity (Wildman–Crippen MR) is 133 cm³/mol. The van der Waals surface area contributed by atoms with E-state index in [1.807, 2.05) is 42.5 Å². The Morgan fingerprint density at radius 2 is 1.70 bits per heavy atom. The van der Waals surface area contributed by atoms with E-state index in [0.717, 1.165) is 53.2 Å². The molecule has 1 saturated heterocycles. The number of benzene rings is 2. The molecule has 5 rings (SSSR count). The average Bonchev–Trinajstić information content (AvgIpc) is 3.21. The second-order valence-electron chi connectivity index (χ2n) is 9.76. The molecule has 0 amide bonds. The number of piperidine rings is 1. The zero-order chi connectivity index (χ0) is 23.0. The molecule has 0 unspecified atom stereocenters. The molecule has 2 aromatic carbocycles. The number of ether oxygens (including phenoxy) is 1. The normalized spacial score (nSPS) is 17.4. The van der Waals surface area contributed by atoms with Crippen LogP contribution in [0.4, 0.5) is 5.82 Å². The molecule has 2 aromatic heterocycles. The van der Waals surface area contributed by atoms with E-state index < -0.39 is 0 Å². The topological polar surface area (TPSA) is 69.2 Å². The lowest BCUT2D eigenvalue weighted by atomic mass is 9.98. The molecule has 1 fully saturated rings. The molecule has 170 valence electrons. The first-order valence-electron chi connectivity index (χ1n) is 11.6. The zero-order valence-corrected chi connectivity index (χ0v) is 19.5. The number of nitrogen functional groups attached to an aromatic ring is 1. The summed E-state index contributed by atoms with van der Waals surface area (Å²) in [6.07, 6.45) is 6.07. The van der Waals surface area contributed by atoms with Gasteiger partial charge in [-0.3, -0.25) is 4.90 Å². The third-order valence-electron chi connectivity index (χ3n) is 6.52. The number of anilines is 1. The molecule has 1 aliphatic heterocycles. The largest absolute Gasteiger partial charge is 0.457 e. The van der Waals surface area contributed by atoms with Crippen LogP contribution in [0.3, 0.4) is 0 Å². The molecule has 2 N–H and O–H groups in total. The molecule has 0 bridgehead atoms. The van der Waals surface area contributed by atoms with Crippen LogP contribution in [0.5, 0.6) is 11.5 Å². The molecule has 4 aromatic rings. The highest BCUT2D eigenvalue weighted by Gasteiger charge is 2.30. The zero-order valence-electron chi connectivity index (χ0n) is 19.5. The van der Waals surface area contributed by atoms with Gasteiger partial charge in [0.25, 0.3) is 0 Å². The SMILES string of the molecule is CC(C)(C)N1CCC[C@@H](n2cc(-c3ccc(Oc4ccccc4)cc3)c3c(N)ncnc32)C1. The van der Waals surface area contributed by atoms with Gasteiger partial charge in [-0.05, 0) is 70.0 Å². The van der Waals surface area contributed by atoms with Crippen molar-refractivity contribution in [3.05, 3.63) is 67.1 Å². The van der Waals surface area contributed by atoms with Gasteiger partial charge >= 0.3 is 0 Å². The highest BCUT2D eigenvalue weighted by Crippen LogP contribution is 2.37. The van der Waals surface area contributed by atoms with Crippen LogP contribution in [0.25, 0.3) is 22.2 Å². The van der Waals surface area contributed by atoms with E-state index in [1.54, 1.807) is 6.33 Å². The van der Waals surface area contributed by atoms with Crippen molar-refractivity contribution in [2.75, 3.05) is 18.8 Å². The quantitative estimate of drug-likeness (QED) is 0.426. The first-order valence-corrected chi connectivity index (χ1v) is 11.6. The lowest BCUT2D eigenvalue weighted by Crippen LogP contribution is -2.47. The minimum Gasteiger partial charge on any atom is -0.457 e. The summed E-state index contributed by atoms with van der Waals surface area (Å²) < 4.78 is 8.28. The number of likely N-dealkylation sites (tertiary alicyclic amines) is 1. The van der Waals surface area contributed by atoms with E-state index in [4.69, 9.17) is 10.5 Å². The Morgan fingerprint density at radius 3 is 2.42 bits per heavy atom. The summed E-state index contributed by atoms with van der Waals surface area (Å²) in [4.78, 5) is 11.5. The van der Waals surface area contributed by atoms with Gasteiger partial charge in [-0.25, -0.2) is 9.97 Å². The molecule has 33 heavy (non-hydrogen) atoms. The van der Waals surface area contributed by atoms with Crippen molar-refractivity contribution in [2.24, 2.45) is 0 Å². The highest BCUT2D eigenvalue weighted by atomic mass is 16.5. The molecule has 6 nitrogen and oxygen atoms in total. The number of hydrogen-bond donors (Lipinski definition) is 1. The average molecular weight is 442 g/mol. The number of nitrogens with two attached hydrogens (primary N) is 1. The van der Waals surface area contributed by atoms with Crippen LogP contribution < -0.4 is 10.5 Å². The molecule has 0 saturated carbocycles. The Hall–Kier alpha value is -3.38. The van der Waals surface area contributed by atoms with Crippen LogP contribution in [-0.4, -0.2) is 38.1 Å². The van der Waals surface area contributed by atoms with Gasteiger partial charge in [-0.2, -0.15) is 0 Å². The molecule has 3 heterocycles. The van der Waals surface area contributed by atoms with E-state index in [-0.39, 0.29) is 5.54 Å². The Kier molecular flexibility index (Phi) is 5.54. The molecular formula is C27H31N5O. The van der Waals surface area contributed by atoms with E-state index in [1.165, 1.54) is 6.42 Å². The van der Waals surface area contributed by atoms with Crippen LogP contribution in [0, 0.1) is 0 Å². The minimum atomic E-state index is 0.146. The number of rotatable bonds is 4. The smallest absolute Gasteiger partial charge is 0.146 e. The van der Waals surface area contributed by atoms with Gasteiger partial charge in [-0.15, -0.1) is 0 Å². The first kappa shape index (κ1) is 21.5. The van der Waals surface area contributed by atoms with E-state index in [0.29, 0.717) is 11.9 Å². The third kappa shape index (κ3) is 4.31. The summed E-state index contributed by atoms with van der Waals surface area (Å²) >= 11 is 0. The summed E-state index contributed by atoms with van der Waals surface area (Å²) in [6.45, 7) is 8.99. The summed E-state index contributed by atoms with van der Waals surface area (Å²) in [6, 6.07) is 18.3. The number of aromatic nitrogens is 3. The molecule has 0 spiro atoms. The lowest BCUT2D eigenvalue weighted by molar-refractivity contribution is 0.0831. The van der Waals surface area contributed by atoms with E-state index >= 15 is 0 Å². The molecule has 1 aliphatic rings. The van der Waals surface area contributed by atoms with Gasteiger partial charge < -0.3 is 15.0 Å². The van der Waals surface area contributed by atoms with Gasteiger partial charge in [-0.1, -0.05) is 30.3 Å². The van der Waals surface area contributed by atoms with Crippen molar-refractivity contribution in [1.29, 1.82) is 0 Å². The van der Waals surface area contributed by atoms with Crippen molar-refractivity contribution in [3.8, 4) is 22.6 Å². The summed E-state index contributed by atoms with van der Waals surface area (Å²) in [5, 5.41) is 0.919. The molecule has 0 aliphatic carbocycles. The van der Waals surface area contributed by atoms with Crippen molar-refractivity contribution in [1.82, 2.24) is 19.4 Å². The van der Waals surface area contributed by atoms with Crippen LogP contribution >= 0.6 is 0 Å². The van der Waals surface area contributed by atoms with Crippen LogP contribution in [0.1, 0.15) is 39.7 Å². The highest BCUT2D eigenvalue weighted by molar-refractivity contribution is 6.00. The Labute approximate surface area is 195 Å². The molecule has 0 radical (unpaired) electrons. The fraction of sp³-hybridized carbons (Fsp3) is 0.333. The monoisotopic (exact) mass is 441 g/mol. The number of para-hydroxylation sites is 1. The van der Waals surface area contributed by atoms with Gasteiger partial charge in [0, 0.05) is 29.9 Å².